The lowest BCUT2D eigenvalue weighted by Gasteiger charge is -2.26. The number of aryl methyl sites for hydroxylation is 1. The largest absolute Gasteiger partial charge is 0.338 e. The molecule has 0 aromatic carbocycles. The molecule has 0 unspecified atom stereocenters. The minimum absolute atomic E-state index is 0.0105. The van der Waals surface area contributed by atoms with Gasteiger partial charge in [0.25, 0.3) is 0 Å². The molecule has 0 aliphatic carbocycles. The van der Waals surface area contributed by atoms with Crippen molar-refractivity contribution in [2.75, 3.05) is 13.1 Å². The smallest absolute Gasteiger partial charge is 0.317 e. The van der Waals surface area contributed by atoms with Gasteiger partial charge in [0.1, 0.15) is 0 Å². The van der Waals surface area contributed by atoms with E-state index in [9.17, 15) is 4.79 Å². The fourth-order valence-corrected chi connectivity index (χ4v) is 1.53. The first-order valence-electron chi connectivity index (χ1n) is 5.06. The van der Waals surface area contributed by atoms with E-state index in [-0.39, 0.29) is 6.03 Å². The molecule has 1 fully saturated rings. The summed E-state index contributed by atoms with van der Waals surface area (Å²) < 4.78 is 0. The Bertz CT molecular complexity index is 349. The Morgan fingerprint density at radius 1 is 1.47 bits per heavy atom. The first-order valence-corrected chi connectivity index (χ1v) is 5.06. The predicted octanol–water partition coefficient (Wildman–Crippen LogP) is 0.700. The molecule has 2 heterocycles. The first-order chi connectivity index (χ1) is 7.25. The lowest BCUT2D eigenvalue weighted by Crippen LogP contribution is -2.45. The van der Waals surface area contributed by atoms with E-state index in [1.165, 1.54) is 0 Å². The van der Waals surface area contributed by atoms with Crippen LogP contribution in [-0.4, -0.2) is 34.0 Å². The van der Waals surface area contributed by atoms with Crippen molar-refractivity contribution >= 4 is 6.03 Å². The summed E-state index contributed by atoms with van der Waals surface area (Å²) >= 11 is 0. The molecule has 0 bridgehead atoms. The van der Waals surface area contributed by atoms with Gasteiger partial charge in [-0.2, -0.15) is 0 Å². The van der Waals surface area contributed by atoms with Gasteiger partial charge < -0.3 is 10.2 Å². The molecule has 80 valence electrons. The predicted molar refractivity (Wildman–Crippen MR) is 55.2 cm³/mol. The van der Waals surface area contributed by atoms with E-state index in [0.29, 0.717) is 6.54 Å². The van der Waals surface area contributed by atoms with Gasteiger partial charge in [-0.05, 0) is 13.3 Å². The Balaban J connectivity index is 2.01. The second kappa shape index (κ2) is 4.25. The average Bonchev–Trinajstić information content (AvgIpc) is 2.25. The number of aromatic nitrogens is 2. The number of urea groups is 1. The molecule has 5 nitrogen and oxygen atoms in total. The highest BCUT2D eigenvalue weighted by molar-refractivity contribution is 5.74. The average molecular weight is 206 g/mol. The van der Waals surface area contributed by atoms with E-state index in [1.54, 1.807) is 17.3 Å². The Hall–Kier alpha value is -1.65. The topological polar surface area (TPSA) is 58.1 Å². The highest BCUT2D eigenvalue weighted by atomic mass is 16.2. The Morgan fingerprint density at radius 2 is 2.33 bits per heavy atom. The van der Waals surface area contributed by atoms with Gasteiger partial charge in [-0.3, -0.25) is 9.97 Å². The van der Waals surface area contributed by atoms with Crippen LogP contribution >= 0.6 is 0 Å². The molecule has 15 heavy (non-hydrogen) atoms. The van der Waals surface area contributed by atoms with Gasteiger partial charge in [-0.25, -0.2) is 4.79 Å². The molecule has 1 aromatic heterocycles. The van der Waals surface area contributed by atoms with E-state index in [1.807, 2.05) is 6.92 Å². The van der Waals surface area contributed by atoms with Crippen LogP contribution in [0.4, 0.5) is 4.79 Å². The fraction of sp³-hybridized carbons (Fsp3) is 0.500. The monoisotopic (exact) mass is 206 g/mol. The second-order valence-electron chi connectivity index (χ2n) is 3.66. The lowest BCUT2D eigenvalue weighted by atomic mass is 10.3. The van der Waals surface area contributed by atoms with Crippen LogP contribution in [0.15, 0.2) is 12.4 Å². The molecule has 0 saturated carbocycles. The zero-order valence-corrected chi connectivity index (χ0v) is 8.73. The normalized spacial score (nSPS) is 16.3. The van der Waals surface area contributed by atoms with E-state index in [4.69, 9.17) is 0 Å². The van der Waals surface area contributed by atoms with Gasteiger partial charge in [0.15, 0.2) is 0 Å². The maximum atomic E-state index is 11.4. The number of amides is 2. The number of rotatable bonds is 2. The molecule has 2 amide bonds. The van der Waals surface area contributed by atoms with Gasteiger partial charge in [-0.1, -0.05) is 0 Å². The summed E-state index contributed by atoms with van der Waals surface area (Å²) in [5.41, 5.74) is 1.72. The van der Waals surface area contributed by atoms with E-state index in [2.05, 4.69) is 15.3 Å². The van der Waals surface area contributed by atoms with Crippen LogP contribution in [0.3, 0.4) is 0 Å². The van der Waals surface area contributed by atoms with Gasteiger partial charge in [-0.15, -0.1) is 0 Å². The van der Waals surface area contributed by atoms with Crippen molar-refractivity contribution in [3.8, 4) is 0 Å². The molecule has 1 aliphatic heterocycles. The molecule has 0 atom stereocenters. The zero-order valence-electron chi connectivity index (χ0n) is 8.73. The Kier molecular flexibility index (Phi) is 2.80. The first kappa shape index (κ1) is 9.89. The molecule has 5 heteroatoms. The molecule has 1 aromatic rings. The molecular formula is C10H14N4O. The fourth-order valence-electron chi connectivity index (χ4n) is 1.53. The van der Waals surface area contributed by atoms with Gasteiger partial charge >= 0.3 is 6.03 Å². The van der Waals surface area contributed by atoms with Crippen molar-refractivity contribution in [1.29, 1.82) is 0 Å². The summed E-state index contributed by atoms with van der Waals surface area (Å²) in [6.07, 6.45) is 4.43. The van der Waals surface area contributed by atoms with Crippen LogP contribution in [0.5, 0.6) is 0 Å². The van der Waals surface area contributed by atoms with Crippen LogP contribution < -0.4 is 5.32 Å². The van der Waals surface area contributed by atoms with Crippen molar-refractivity contribution in [1.82, 2.24) is 20.2 Å². The maximum Gasteiger partial charge on any atom is 0.317 e. The van der Waals surface area contributed by atoms with E-state index < -0.39 is 0 Å². The highest BCUT2D eigenvalue weighted by Gasteiger charge is 2.17. The van der Waals surface area contributed by atoms with Crippen LogP contribution in [0, 0.1) is 6.92 Å². The molecule has 1 aliphatic rings. The number of hydrogen-bond donors (Lipinski definition) is 1. The Labute approximate surface area is 88.5 Å². The van der Waals surface area contributed by atoms with Crippen LogP contribution in [-0.2, 0) is 6.54 Å². The third-order valence-electron chi connectivity index (χ3n) is 2.36. The van der Waals surface area contributed by atoms with Crippen LogP contribution in [0.1, 0.15) is 17.8 Å². The molecule has 0 radical (unpaired) electrons. The third-order valence-corrected chi connectivity index (χ3v) is 2.36. The van der Waals surface area contributed by atoms with Crippen molar-refractivity contribution in [2.24, 2.45) is 0 Å². The SMILES string of the molecule is Cc1cnc(CN2CCCNC2=O)cn1. The van der Waals surface area contributed by atoms with Crippen LogP contribution in [0.2, 0.25) is 0 Å². The molecule has 2 rings (SSSR count). The number of nitrogens with one attached hydrogen (secondary N) is 1. The summed E-state index contributed by atoms with van der Waals surface area (Å²) in [4.78, 5) is 21.6. The van der Waals surface area contributed by atoms with Gasteiger partial charge in [0, 0.05) is 19.3 Å². The van der Waals surface area contributed by atoms with Crippen molar-refractivity contribution in [2.45, 2.75) is 19.9 Å². The number of carbonyl (C=O) groups excluding carboxylic acids is 1. The minimum Gasteiger partial charge on any atom is -0.338 e. The zero-order chi connectivity index (χ0) is 10.7. The number of carbonyl (C=O) groups is 1. The van der Waals surface area contributed by atoms with Gasteiger partial charge in [0.05, 0.1) is 24.1 Å². The van der Waals surface area contributed by atoms with E-state index in [0.717, 1.165) is 30.9 Å². The van der Waals surface area contributed by atoms with E-state index >= 15 is 0 Å². The molecule has 1 saturated heterocycles. The summed E-state index contributed by atoms with van der Waals surface area (Å²) in [6, 6.07) is -0.0105. The highest BCUT2D eigenvalue weighted by Crippen LogP contribution is 2.05. The summed E-state index contributed by atoms with van der Waals surface area (Å²) in [6.45, 7) is 4.00. The third kappa shape index (κ3) is 2.43. The summed E-state index contributed by atoms with van der Waals surface area (Å²) in [5, 5.41) is 2.80. The standard InChI is InChI=1S/C10H14N4O/c1-8-5-13-9(6-12-8)7-14-4-2-3-11-10(14)15/h5-6H,2-4,7H2,1H3,(H,11,15). The van der Waals surface area contributed by atoms with Crippen molar-refractivity contribution in [3.05, 3.63) is 23.8 Å². The molecule has 0 spiro atoms. The van der Waals surface area contributed by atoms with Crippen molar-refractivity contribution < 1.29 is 4.79 Å². The maximum absolute atomic E-state index is 11.4. The summed E-state index contributed by atoms with van der Waals surface area (Å²) in [5.74, 6) is 0. The van der Waals surface area contributed by atoms with Gasteiger partial charge in [0.2, 0.25) is 0 Å². The summed E-state index contributed by atoms with van der Waals surface area (Å²) in [7, 11) is 0. The number of hydrogen-bond acceptors (Lipinski definition) is 3. The quantitative estimate of drug-likeness (QED) is 0.775. The van der Waals surface area contributed by atoms with Crippen LogP contribution in [0.25, 0.3) is 0 Å². The second-order valence-corrected chi connectivity index (χ2v) is 3.66. The van der Waals surface area contributed by atoms with Crippen molar-refractivity contribution in [3.63, 3.8) is 0 Å². The number of nitrogens with zero attached hydrogens (tertiary/aromatic N) is 3. The molecular weight excluding hydrogens is 192 g/mol. The molecule has 1 N–H and O–H groups in total. The Morgan fingerprint density at radius 3 is 3.00 bits per heavy atom. The lowest BCUT2D eigenvalue weighted by molar-refractivity contribution is 0.182. The minimum atomic E-state index is -0.0105.